The van der Waals surface area contributed by atoms with Crippen molar-refractivity contribution < 1.29 is 9.84 Å². The Labute approximate surface area is 111 Å². The van der Waals surface area contributed by atoms with Crippen LogP contribution in [-0.4, -0.2) is 16.6 Å². The van der Waals surface area contributed by atoms with Crippen LogP contribution in [0.25, 0.3) is 11.1 Å². The van der Waals surface area contributed by atoms with Crippen LogP contribution >= 0.6 is 11.5 Å². The highest BCUT2D eigenvalue weighted by Gasteiger charge is 2.16. The standard InChI is InChI=1S/C14H17NO2S/c1-9(2)10-5-4-6-11(7-10)13-12(8-16)18-15-14(13)17-3/h4-7,9,16H,8H2,1-3H3. The van der Waals surface area contributed by atoms with Crippen molar-refractivity contribution in [2.45, 2.75) is 26.4 Å². The first kappa shape index (κ1) is 13.1. The summed E-state index contributed by atoms with van der Waals surface area (Å²) in [5.74, 6) is 1.06. The van der Waals surface area contributed by atoms with Crippen LogP contribution in [0.1, 0.15) is 30.2 Å². The molecule has 1 N–H and O–H groups in total. The third kappa shape index (κ3) is 2.40. The van der Waals surface area contributed by atoms with Crippen LogP contribution in [0.15, 0.2) is 24.3 Å². The van der Waals surface area contributed by atoms with Crippen molar-refractivity contribution in [3.05, 3.63) is 34.7 Å². The average Bonchev–Trinajstić information content (AvgIpc) is 2.81. The van der Waals surface area contributed by atoms with Gasteiger partial charge in [-0.05, 0) is 28.6 Å². The molecule has 3 nitrogen and oxygen atoms in total. The van der Waals surface area contributed by atoms with E-state index in [9.17, 15) is 5.11 Å². The number of rotatable bonds is 4. The van der Waals surface area contributed by atoms with E-state index >= 15 is 0 Å². The summed E-state index contributed by atoms with van der Waals surface area (Å²) in [6.07, 6.45) is 0. The summed E-state index contributed by atoms with van der Waals surface area (Å²) in [4.78, 5) is 0.841. The van der Waals surface area contributed by atoms with Gasteiger partial charge in [0.05, 0.1) is 24.2 Å². The Kier molecular flexibility index (Phi) is 3.99. The molecule has 0 saturated heterocycles. The highest BCUT2D eigenvalue weighted by Crippen LogP contribution is 2.36. The predicted molar refractivity (Wildman–Crippen MR) is 74.1 cm³/mol. The van der Waals surface area contributed by atoms with E-state index in [2.05, 4.69) is 30.4 Å². The molecule has 18 heavy (non-hydrogen) atoms. The molecular formula is C14H17NO2S. The predicted octanol–water partition coefficient (Wildman–Crippen LogP) is 3.43. The molecule has 0 aliphatic carbocycles. The molecule has 0 fully saturated rings. The number of ether oxygens (including phenoxy) is 1. The third-order valence-electron chi connectivity index (χ3n) is 2.91. The lowest BCUT2D eigenvalue weighted by molar-refractivity contribution is 0.285. The molecule has 4 heteroatoms. The molecule has 0 saturated carbocycles. The molecule has 0 aliphatic heterocycles. The average molecular weight is 263 g/mol. The van der Waals surface area contributed by atoms with Gasteiger partial charge in [-0.2, -0.15) is 4.37 Å². The minimum absolute atomic E-state index is 0.0116. The van der Waals surface area contributed by atoms with Crippen LogP contribution < -0.4 is 4.74 Å². The largest absolute Gasteiger partial charge is 0.480 e. The monoisotopic (exact) mass is 263 g/mol. The van der Waals surface area contributed by atoms with E-state index in [1.165, 1.54) is 17.1 Å². The SMILES string of the molecule is COc1nsc(CO)c1-c1cccc(C(C)C)c1. The van der Waals surface area contributed by atoms with Gasteiger partial charge in [0.1, 0.15) is 0 Å². The first-order valence-electron chi connectivity index (χ1n) is 5.91. The lowest BCUT2D eigenvalue weighted by Crippen LogP contribution is -1.91. The molecule has 96 valence electrons. The number of methoxy groups -OCH3 is 1. The number of nitrogens with zero attached hydrogens (tertiary/aromatic N) is 1. The Bertz CT molecular complexity index is 513. The summed E-state index contributed by atoms with van der Waals surface area (Å²) in [7, 11) is 1.60. The van der Waals surface area contributed by atoms with Crippen molar-refractivity contribution in [3.8, 4) is 17.0 Å². The molecule has 0 spiro atoms. The maximum atomic E-state index is 9.38. The first-order chi connectivity index (χ1) is 8.67. The molecule has 1 aromatic carbocycles. The number of aliphatic hydroxyl groups excluding tert-OH is 1. The second-order valence-electron chi connectivity index (χ2n) is 4.43. The lowest BCUT2D eigenvalue weighted by atomic mass is 9.98. The normalized spacial score (nSPS) is 10.9. The van der Waals surface area contributed by atoms with Gasteiger partial charge in [-0.3, -0.25) is 0 Å². The van der Waals surface area contributed by atoms with Gasteiger partial charge in [-0.15, -0.1) is 0 Å². The van der Waals surface area contributed by atoms with E-state index in [0.29, 0.717) is 11.8 Å². The van der Waals surface area contributed by atoms with Crippen molar-refractivity contribution in [3.63, 3.8) is 0 Å². The molecule has 2 rings (SSSR count). The zero-order valence-electron chi connectivity index (χ0n) is 10.8. The van der Waals surface area contributed by atoms with Gasteiger partial charge in [0, 0.05) is 0 Å². The van der Waals surface area contributed by atoms with Crippen molar-refractivity contribution in [1.82, 2.24) is 4.37 Å². The van der Waals surface area contributed by atoms with Crippen LogP contribution in [0.5, 0.6) is 5.88 Å². The summed E-state index contributed by atoms with van der Waals surface area (Å²) in [6.45, 7) is 4.31. The zero-order valence-corrected chi connectivity index (χ0v) is 11.6. The highest BCUT2D eigenvalue weighted by atomic mass is 32.1. The molecule has 0 aliphatic rings. The van der Waals surface area contributed by atoms with E-state index < -0.39 is 0 Å². The molecule has 0 unspecified atom stereocenters. The maximum absolute atomic E-state index is 9.38. The summed E-state index contributed by atoms with van der Waals surface area (Å²) in [5, 5.41) is 9.38. The van der Waals surface area contributed by atoms with Gasteiger partial charge in [0.2, 0.25) is 5.88 Å². The van der Waals surface area contributed by atoms with Crippen molar-refractivity contribution in [2.24, 2.45) is 0 Å². The minimum atomic E-state index is -0.0116. The minimum Gasteiger partial charge on any atom is -0.480 e. The van der Waals surface area contributed by atoms with E-state index in [0.717, 1.165) is 16.0 Å². The van der Waals surface area contributed by atoms with Gasteiger partial charge in [0.15, 0.2) is 0 Å². The van der Waals surface area contributed by atoms with Gasteiger partial charge in [-0.1, -0.05) is 38.1 Å². The summed E-state index contributed by atoms with van der Waals surface area (Å²) in [6, 6.07) is 8.30. The number of aromatic nitrogens is 1. The second-order valence-corrected chi connectivity index (χ2v) is 5.29. The molecule has 0 atom stereocenters. The van der Waals surface area contributed by atoms with Crippen LogP contribution in [0, 0.1) is 0 Å². The molecule has 0 radical (unpaired) electrons. The molecule has 1 aromatic heterocycles. The van der Waals surface area contributed by atoms with Crippen LogP contribution in [0.2, 0.25) is 0 Å². The fraction of sp³-hybridized carbons (Fsp3) is 0.357. The molecule has 1 heterocycles. The zero-order chi connectivity index (χ0) is 13.1. The van der Waals surface area contributed by atoms with Crippen LogP contribution in [0.3, 0.4) is 0 Å². The number of hydrogen-bond donors (Lipinski definition) is 1. The highest BCUT2D eigenvalue weighted by molar-refractivity contribution is 7.06. The fourth-order valence-corrected chi connectivity index (χ4v) is 2.61. The third-order valence-corrected chi connectivity index (χ3v) is 3.72. The Morgan fingerprint density at radius 2 is 2.17 bits per heavy atom. The summed E-state index contributed by atoms with van der Waals surface area (Å²) in [5.41, 5.74) is 3.23. The molecule has 2 aromatic rings. The van der Waals surface area contributed by atoms with Crippen molar-refractivity contribution >= 4 is 11.5 Å². The van der Waals surface area contributed by atoms with Gasteiger partial charge < -0.3 is 9.84 Å². The van der Waals surface area contributed by atoms with Gasteiger partial charge in [-0.25, -0.2) is 0 Å². The molecule has 0 amide bonds. The smallest absolute Gasteiger partial charge is 0.233 e. The van der Waals surface area contributed by atoms with Crippen LogP contribution in [-0.2, 0) is 6.61 Å². The quantitative estimate of drug-likeness (QED) is 0.919. The number of hydrogen-bond acceptors (Lipinski definition) is 4. The Morgan fingerprint density at radius 1 is 1.39 bits per heavy atom. The van der Waals surface area contributed by atoms with E-state index in [4.69, 9.17) is 4.74 Å². The van der Waals surface area contributed by atoms with Crippen molar-refractivity contribution in [1.29, 1.82) is 0 Å². The van der Waals surface area contributed by atoms with E-state index in [1.807, 2.05) is 12.1 Å². The lowest BCUT2D eigenvalue weighted by Gasteiger charge is -2.09. The second kappa shape index (κ2) is 5.50. The van der Waals surface area contributed by atoms with Crippen molar-refractivity contribution in [2.75, 3.05) is 7.11 Å². The maximum Gasteiger partial charge on any atom is 0.233 e. The Hall–Kier alpha value is -1.39. The van der Waals surface area contributed by atoms with E-state index in [-0.39, 0.29) is 6.61 Å². The van der Waals surface area contributed by atoms with E-state index in [1.54, 1.807) is 7.11 Å². The van der Waals surface area contributed by atoms with Crippen LogP contribution in [0.4, 0.5) is 0 Å². The Balaban J connectivity index is 2.53. The first-order valence-corrected chi connectivity index (χ1v) is 6.68. The molecular weight excluding hydrogens is 246 g/mol. The fourth-order valence-electron chi connectivity index (χ4n) is 1.89. The Morgan fingerprint density at radius 3 is 2.78 bits per heavy atom. The topological polar surface area (TPSA) is 42.4 Å². The number of benzene rings is 1. The summed E-state index contributed by atoms with van der Waals surface area (Å²) >= 11 is 1.28. The van der Waals surface area contributed by atoms with Gasteiger partial charge >= 0.3 is 0 Å². The number of aliphatic hydroxyl groups is 1. The summed E-state index contributed by atoms with van der Waals surface area (Å²) < 4.78 is 9.49. The van der Waals surface area contributed by atoms with Gasteiger partial charge in [0.25, 0.3) is 0 Å². The molecule has 0 bridgehead atoms.